The average molecular weight is 1040 g/mol. The molecule has 410 valence electrons. The number of nitrogens with two attached hydrogens (primary N) is 7. The number of H-pyrrole nitrogens is 1. The number of unbranched alkanes of at least 4 members (excludes halogenated alkanes) is 2. The molecule has 0 aromatic carbocycles. The van der Waals surface area contributed by atoms with Gasteiger partial charge < -0.3 is 97.5 Å². The lowest BCUT2D eigenvalue weighted by atomic mass is 10.1. The van der Waals surface area contributed by atoms with Gasteiger partial charge in [-0.1, -0.05) is 12.5 Å². The molecule has 29 nitrogen and oxygen atoms in total. The van der Waals surface area contributed by atoms with E-state index in [2.05, 4.69) is 52.2 Å². The van der Waals surface area contributed by atoms with Gasteiger partial charge in [0, 0.05) is 37.8 Å². The number of aliphatic carboxylic acids is 1. The topological polar surface area (TPSA) is 505 Å². The van der Waals surface area contributed by atoms with Gasteiger partial charge in [-0.2, -0.15) is 0 Å². The molecule has 0 bridgehead atoms. The van der Waals surface area contributed by atoms with Crippen LogP contribution in [0.2, 0.25) is 0 Å². The molecular weight excluding hydrogens is 964 g/mol. The number of carboxylic acids is 1. The maximum Gasteiger partial charge on any atom is 0.352 e. The van der Waals surface area contributed by atoms with Crippen molar-refractivity contribution in [3.05, 3.63) is 30.0 Å². The second kappa shape index (κ2) is 33.0. The monoisotopic (exact) mass is 1040 g/mol. The number of carbonyl (C=O) groups is 9. The third kappa shape index (κ3) is 22.2. The van der Waals surface area contributed by atoms with Crippen LogP contribution in [0.4, 0.5) is 4.39 Å². The molecule has 2 rings (SSSR count). The fourth-order valence-electron chi connectivity index (χ4n) is 7.31. The number of aromatic nitrogens is 2. The van der Waals surface area contributed by atoms with Gasteiger partial charge >= 0.3 is 5.97 Å². The number of rotatable bonds is 34. The van der Waals surface area contributed by atoms with Crippen molar-refractivity contribution in [1.82, 2.24) is 52.1 Å². The second-order valence-corrected chi connectivity index (χ2v) is 17.2. The van der Waals surface area contributed by atoms with Crippen molar-refractivity contribution in [2.24, 2.45) is 45.1 Å². The van der Waals surface area contributed by atoms with Crippen LogP contribution in [0, 0.1) is 0 Å². The van der Waals surface area contributed by atoms with Crippen LogP contribution in [0.25, 0.3) is 0 Å². The van der Waals surface area contributed by atoms with Crippen LogP contribution in [-0.4, -0.2) is 185 Å². The summed E-state index contributed by atoms with van der Waals surface area (Å²) in [5.41, 5.74) is 38.8. The molecular formula is C43H75FN18O11. The summed E-state index contributed by atoms with van der Waals surface area (Å²) in [6.07, 6.45) is 2.13. The average Bonchev–Trinajstić information content (AvgIpc) is 4.02. The van der Waals surface area contributed by atoms with Crippen molar-refractivity contribution in [2.45, 2.75) is 132 Å². The number of alkyl halides is 1. The van der Waals surface area contributed by atoms with E-state index < -0.39 is 140 Å². The Bertz CT molecular complexity index is 2040. The molecule has 1 aromatic heterocycles. The number of likely N-dealkylation sites (tertiary alicyclic amines) is 1. The van der Waals surface area contributed by atoms with Crippen LogP contribution in [-0.2, 0) is 49.6 Å². The van der Waals surface area contributed by atoms with Crippen LogP contribution in [0.3, 0.4) is 0 Å². The second-order valence-electron chi connectivity index (χ2n) is 17.2. The standard InChI is InChI=1S/C43H75FN18O11/c1-23(56-40(70)34(32(63)18-48)61-36(66)26(49)8-2-4-12-45)35(65)54-20-33(64)57-28(10-6-14-47)41(71)62-21-24(44)16-31(62)39(69)60-30(17-25-19-52-22-55-25)38(68)58-27(9-3-5-13-46)37(67)59-29(42(72)73)11-7-15-53-43(50)51/h11,19,22-24,26-28,30-32,34,63H,2-10,12-18,20-21,45-49H2,1H3,(H,52,55)(H,54,65)(H,56,70)(H,57,64)(H,58,68)(H,59,67)(H,60,69)(H,61,66)(H,72,73)(H4,50,51,53)/b29-11-/t23-,24-,26-,27-,28+,30-,31-,32-,34-/m0/s1. The molecule has 1 aliphatic rings. The zero-order chi connectivity index (χ0) is 54.6. The maximum atomic E-state index is 15.3. The highest BCUT2D eigenvalue weighted by atomic mass is 19.1. The number of nitrogens with zero attached hydrogens (tertiary/aromatic N) is 3. The molecule has 0 aliphatic carbocycles. The zero-order valence-electron chi connectivity index (χ0n) is 41.0. The Morgan fingerprint density at radius 3 is 2.10 bits per heavy atom. The van der Waals surface area contributed by atoms with Crippen LogP contribution in [0.1, 0.15) is 76.8 Å². The lowest BCUT2D eigenvalue weighted by Gasteiger charge is -2.30. The van der Waals surface area contributed by atoms with E-state index in [1.54, 1.807) is 0 Å². The predicted molar refractivity (Wildman–Crippen MR) is 262 cm³/mol. The van der Waals surface area contributed by atoms with Crippen LogP contribution < -0.4 is 77.4 Å². The summed E-state index contributed by atoms with van der Waals surface area (Å²) in [5.74, 6) is -8.88. The van der Waals surface area contributed by atoms with Crippen LogP contribution >= 0.6 is 0 Å². The van der Waals surface area contributed by atoms with Gasteiger partial charge in [-0.25, -0.2) is 14.2 Å². The fourth-order valence-corrected chi connectivity index (χ4v) is 7.31. The number of aliphatic imine (C=N–C) groups is 1. The smallest absolute Gasteiger partial charge is 0.352 e. The molecule has 1 aliphatic heterocycles. The normalized spacial score (nSPS) is 17.3. The third-order valence-corrected chi connectivity index (χ3v) is 11.3. The van der Waals surface area contributed by atoms with Crippen molar-refractivity contribution >= 4 is 59.2 Å². The first-order chi connectivity index (χ1) is 34.7. The molecule has 1 fully saturated rings. The van der Waals surface area contributed by atoms with E-state index in [0.717, 1.165) is 4.90 Å². The largest absolute Gasteiger partial charge is 0.477 e. The summed E-state index contributed by atoms with van der Waals surface area (Å²) in [6.45, 7) is 0.225. The Hall–Kier alpha value is -6.86. The number of aliphatic hydroxyl groups excluding tert-OH is 1. The Morgan fingerprint density at radius 2 is 1.49 bits per heavy atom. The third-order valence-electron chi connectivity index (χ3n) is 11.3. The molecule has 0 saturated carbocycles. The summed E-state index contributed by atoms with van der Waals surface area (Å²) >= 11 is 0. The summed E-state index contributed by atoms with van der Waals surface area (Å²) in [4.78, 5) is 131. The van der Waals surface area contributed by atoms with Gasteiger partial charge in [-0.15, -0.1) is 0 Å². The Morgan fingerprint density at radius 1 is 0.836 bits per heavy atom. The minimum Gasteiger partial charge on any atom is -0.477 e. The summed E-state index contributed by atoms with van der Waals surface area (Å²) in [5, 5.41) is 37.0. The summed E-state index contributed by atoms with van der Waals surface area (Å²) in [6, 6.07) is -9.66. The molecule has 24 N–H and O–H groups in total. The van der Waals surface area contributed by atoms with Crippen molar-refractivity contribution in [3.63, 3.8) is 0 Å². The molecule has 2 heterocycles. The number of imidazole rings is 1. The quantitative estimate of drug-likeness (QED) is 0.0132. The van der Waals surface area contributed by atoms with E-state index in [0.29, 0.717) is 37.9 Å². The van der Waals surface area contributed by atoms with Crippen LogP contribution in [0.5, 0.6) is 0 Å². The van der Waals surface area contributed by atoms with Crippen LogP contribution in [0.15, 0.2) is 29.3 Å². The van der Waals surface area contributed by atoms with Crippen molar-refractivity contribution in [1.29, 1.82) is 0 Å². The van der Waals surface area contributed by atoms with Crippen molar-refractivity contribution in [3.8, 4) is 0 Å². The van der Waals surface area contributed by atoms with E-state index in [4.69, 9.17) is 40.1 Å². The van der Waals surface area contributed by atoms with Gasteiger partial charge in [-0.3, -0.25) is 43.3 Å². The minimum atomic E-state index is -1.72. The first-order valence-electron chi connectivity index (χ1n) is 23.9. The fraction of sp³-hybridized carbons (Fsp3) is 0.651. The molecule has 9 atom stereocenters. The van der Waals surface area contributed by atoms with Crippen molar-refractivity contribution in [2.75, 3.05) is 45.8 Å². The number of hydrogen-bond donors (Lipinski definition) is 17. The van der Waals surface area contributed by atoms with Gasteiger partial charge in [0.2, 0.25) is 47.3 Å². The molecule has 1 saturated heterocycles. The highest BCUT2D eigenvalue weighted by Gasteiger charge is 2.43. The number of halogens is 1. The Balaban J connectivity index is 2.24. The van der Waals surface area contributed by atoms with Gasteiger partial charge in [0.1, 0.15) is 48.1 Å². The van der Waals surface area contributed by atoms with E-state index in [1.807, 2.05) is 0 Å². The summed E-state index contributed by atoms with van der Waals surface area (Å²) in [7, 11) is 0. The van der Waals surface area contributed by atoms with Gasteiger partial charge in [-0.05, 0) is 77.9 Å². The molecule has 73 heavy (non-hydrogen) atoms. The number of hydrogen-bond acceptors (Lipinski definition) is 17. The number of nitrogens with one attached hydrogen (secondary N) is 8. The molecule has 8 amide bonds. The lowest BCUT2D eigenvalue weighted by Crippen LogP contribution is -2.60. The Kier molecular flexibility index (Phi) is 28.1. The number of carbonyl (C=O) groups excluding carboxylic acids is 8. The maximum absolute atomic E-state index is 15.3. The van der Waals surface area contributed by atoms with Gasteiger partial charge in [0.05, 0.1) is 31.6 Å². The van der Waals surface area contributed by atoms with Gasteiger partial charge in [0.15, 0.2) is 5.96 Å². The van der Waals surface area contributed by atoms with E-state index in [-0.39, 0.29) is 64.1 Å². The molecule has 0 unspecified atom stereocenters. The Labute approximate surface area is 421 Å². The molecule has 0 radical (unpaired) electrons. The van der Waals surface area contributed by atoms with Crippen molar-refractivity contribution < 1.29 is 57.8 Å². The van der Waals surface area contributed by atoms with Gasteiger partial charge in [0.25, 0.3) is 0 Å². The predicted octanol–water partition coefficient (Wildman–Crippen LogP) is -7.16. The highest BCUT2D eigenvalue weighted by molar-refractivity contribution is 5.99. The SMILES string of the molecule is C[C@H](NC(=O)[C@@H](NC(=O)[C@@H](N)CCCCN)[C@@H](O)CN)C(=O)NCC(=O)N[C@H](CCCN)C(=O)N1C[C@@H](F)C[C@H]1C(=O)N[C@@H](Cc1cnc[nH]1)C(=O)N[C@@H](CCCCN)C(=O)N/C(=C\CCN=C(N)N)C(=O)O. The molecule has 0 spiro atoms. The highest BCUT2D eigenvalue weighted by Crippen LogP contribution is 2.23. The number of guanidine groups is 1. The number of amides is 8. The summed E-state index contributed by atoms with van der Waals surface area (Å²) < 4.78 is 15.3. The molecule has 30 heteroatoms. The van der Waals surface area contributed by atoms with E-state index >= 15 is 4.39 Å². The number of aromatic amines is 1. The number of carboxylic acid groups (broad SMARTS) is 1. The lowest BCUT2D eigenvalue weighted by molar-refractivity contribution is -0.142. The first-order valence-corrected chi connectivity index (χ1v) is 23.9. The zero-order valence-corrected chi connectivity index (χ0v) is 41.0. The van der Waals surface area contributed by atoms with E-state index in [1.165, 1.54) is 25.5 Å². The molecule has 1 aromatic rings. The van der Waals surface area contributed by atoms with E-state index in [9.17, 15) is 53.4 Å². The number of aliphatic hydroxyl groups is 1. The first kappa shape index (κ1) is 62.3. The minimum absolute atomic E-state index is 0.00169.